The maximum atomic E-state index is 12.5. The first-order valence-electron chi connectivity index (χ1n) is 7.92. The molecule has 2 rings (SSSR count). The fourth-order valence-electron chi connectivity index (χ4n) is 2.73. The number of piperidine rings is 1. The Balaban J connectivity index is 2.09. The van der Waals surface area contributed by atoms with Crippen LogP contribution in [0.15, 0.2) is 18.2 Å². The zero-order chi connectivity index (χ0) is 17.7. The van der Waals surface area contributed by atoms with Crippen LogP contribution in [0.3, 0.4) is 0 Å². The number of methoxy groups -OCH3 is 2. The molecule has 24 heavy (non-hydrogen) atoms. The molecule has 0 saturated carbocycles. The molecule has 1 aromatic rings. The van der Waals surface area contributed by atoms with E-state index >= 15 is 0 Å². The fourth-order valence-corrected chi connectivity index (χ4v) is 3.91. The SMILES string of the molecule is CCS(=O)(=O)N1CCC[C@H](C(=O)Nc2ccc(OC)cc2OC)C1. The van der Waals surface area contributed by atoms with Crippen molar-refractivity contribution in [3.63, 3.8) is 0 Å². The number of nitrogens with zero attached hydrogens (tertiary/aromatic N) is 1. The van der Waals surface area contributed by atoms with E-state index in [0.29, 0.717) is 36.6 Å². The molecule has 0 aliphatic carbocycles. The van der Waals surface area contributed by atoms with Crippen LogP contribution < -0.4 is 14.8 Å². The second-order valence-corrected chi connectivity index (χ2v) is 7.91. The average Bonchev–Trinajstić information content (AvgIpc) is 2.62. The standard InChI is InChI=1S/C16H24N2O5S/c1-4-24(20,21)18-9-5-6-12(11-18)16(19)17-14-8-7-13(22-2)10-15(14)23-3/h7-8,10,12H,4-6,9,11H2,1-3H3,(H,17,19)/t12-/m0/s1. The van der Waals surface area contributed by atoms with Gasteiger partial charge in [0.1, 0.15) is 11.5 Å². The van der Waals surface area contributed by atoms with Crippen LogP contribution in [0.4, 0.5) is 5.69 Å². The molecule has 1 atom stereocenters. The van der Waals surface area contributed by atoms with Crippen molar-refractivity contribution in [2.24, 2.45) is 5.92 Å². The molecule has 1 aromatic carbocycles. The van der Waals surface area contributed by atoms with Gasteiger partial charge in [0.15, 0.2) is 0 Å². The lowest BCUT2D eigenvalue weighted by molar-refractivity contribution is -0.120. The molecule has 8 heteroatoms. The summed E-state index contributed by atoms with van der Waals surface area (Å²) in [4.78, 5) is 12.5. The van der Waals surface area contributed by atoms with Crippen LogP contribution in [0.25, 0.3) is 0 Å². The number of carbonyl (C=O) groups is 1. The molecular weight excluding hydrogens is 332 g/mol. The number of ether oxygens (including phenoxy) is 2. The summed E-state index contributed by atoms with van der Waals surface area (Å²) in [5, 5.41) is 2.83. The van der Waals surface area contributed by atoms with Gasteiger partial charge in [-0.2, -0.15) is 0 Å². The van der Waals surface area contributed by atoms with Gasteiger partial charge >= 0.3 is 0 Å². The Labute approximate surface area is 143 Å². The second-order valence-electron chi connectivity index (χ2n) is 5.65. The Morgan fingerprint density at radius 3 is 2.71 bits per heavy atom. The molecule has 0 aromatic heterocycles. The molecule has 134 valence electrons. The minimum absolute atomic E-state index is 0.0492. The number of hydrogen-bond donors (Lipinski definition) is 1. The number of sulfonamides is 1. The zero-order valence-electron chi connectivity index (χ0n) is 14.2. The molecule has 0 unspecified atom stereocenters. The quantitative estimate of drug-likeness (QED) is 0.839. The van der Waals surface area contributed by atoms with Gasteiger partial charge in [0.2, 0.25) is 15.9 Å². The number of rotatable bonds is 6. The fraction of sp³-hybridized carbons (Fsp3) is 0.562. The molecule has 0 spiro atoms. The van der Waals surface area contributed by atoms with E-state index in [1.54, 1.807) is 32.2 Å². The van der Waals surface area contributed by atoms with Gasteiger partial charge in [0.05, 0.1) is 31.6 Å². The van der Waals surface area contributed by atoms with Gasteiger partial charge < -0.3 is 14.8 Å². The molecule has 0 bridgehead atoms. The summed E-state index contributed by atoms with van der Waals surface area (Å²) in [5.74, 6) is 0.605. The van der Waals surface area contributed by atoms with Crippen LogP contribution in [-0.2, 0) is 14.8 Å². The van der Waals surface area contributed by atoms with E-state index in [9.17, 15) is 13.2 Å². The lowest BCUT2D eigenvalue weighted by Gasteiger charge is -2.31. The third-order valence-electron chi connectivity index (χ3n) is 4.18. The van der Waals surface area contributed by atoms with Crippen LogP contribution >= 0.6 is 0 Å². The van der Waals surface area contributed by atoms with E-state index in [1.807, 2.05) is 0 Å². The highest BCUT2D eigenvalue weighted by molar-refractivity contribution is 7.89. The number of amides is 1. The van der Waals surface area contributed by atoms with E-state index in [2.05, 4.69) is 5.32 Å². The Morgan fingerprint density at radius 1 is 1.33 bits per heavy atom. The predicted molar refractivity (Wildman–Crippen MR) is 91.9 cm³/mol. The third kappa shape index (κ3) is 4.18. The molecule has 7 nitrogen and oxygen atoms in total. The lowest BCUT2D eigenvalue weighted by atomic mass is 9.98. The van der Waals surface area contributed by atoms with Crippen LogP contribution in [-0.4, -0.2) is 51.7 Å². The molecule has 1 fully saturated rings. The summed E-state index contributed by atoms with van der Waals surface area (Å²) in [6.45, 7) is 2.31. The van der Waals surface area contributed by atoms with Gasteiger partial charge in [-0.25, -0.2) is 12.7 Å². The topological polar surface area (TPSA) is 84.9 Å². The molecule has 1 amide bonds. The number of hydrogen-bond acceptors (Lipinski definition) is 5. The molecule has 1 aliphatic rings. The zero-order valence-corrected chi connectivity index (χ0v) is 15.1. The van der Waals surface area contributed by atoms with E-state index in [4.69, 9.17) is 9.47 Å². The van der Waals surface area contributed by atoms with Crippen molar-refractivity contribution < 1.29 is 22.7 Å². The summed E-state index contributed by atoms with van der Waals surface area (Å²) in [6, 6.07) is 5.12. The first-order chi connectivity index (χ1) is 11.4. The van der Waals surface area contributed by atoms with E-state index in [-0.39, 0.29) is 24.1 Å². The van der Waals surface area contributed by atoms with Gasteiger partial charge in [0.25, 0.3) is 0 Å². The average molecular weight is 356 g/mol. The van der Waals surface area contributed by atoms with Gasteiger partial charge in [-0.15, -0.1) is 0 Å². The van der Waals surface area contributed by atoms with Crippen molar-refractivity contribution in [2.75, 3.05) is 38.4 Å². The van der Waals surface area contributed by atoms with E-state index < -0.39 is 10.0 Å². The molecule has 1 heterocycles. The molecule has 1 N–H and O–H groups in total. The number of benzene rings is 1. The molecule has 1 aliphatic heterocycles. The van der Waals surface area contributed by atoms with E-state index in [0.717, 1.165) is 0 Å². The highest BCUT2D eigenvalue weighted by Crippen LogP contribution is 2.30. The Morgan fingerprint density at radius 2 is 2.08 bits per heavy atom. The summed E-state index contributed by atoms with van der Waals surface area (Å²) in [7, 11) is -0.202. The van der Waals surface area contributed by atoms with E-state index in [1.165, 1.54) is 11.4 Å². The smallest absolute Gasteiger partial charge is 0.228 e. The van der Waals surface area contributed by atoms with Gasteiger partial charge in [-0.1, -0.05) is 0 Å². The van der Waals surface area contributed by atoms with Crippen molar-refractivity contribution in [1.82, 2.24) is 4.31 Å². The Kier molecular flexibility index (Phi) is 6.06. The van der Waals surface area contributed by atoms with Crippen molar-refractivity contribution >= 4 is 21.6 Å². The number of carbonyl (C=O) groups excluding carboxylic acids is 1. The van der Waals surface area contributed by atoms with Crippen LogP contribution in [0.2, 0.25) is 0 Å². The van der Waals surface area contributed by atoms with Crippen LogP contribution in [0.5, 0.6) is 11.5 Å². The summed E-state index contributed by atoms with van der Waals surface area (Å²) in [5.41, 5.74) is 0.541. The highest BCUT2D eigenvalue weighted by atomic mass is 32.2. The van der Waals surface area contributed by atoms with Crippen molar-refractivity contribution in [3.05, 3.63) is 18.2 Å². The Bertz CT molecular complexity index is 690. The maximum Gasteiger partial charge on any atom is 0.228 e. The largest absolute Gasteiger partial charge is 0.497 e. The summed E-state index contributed by atoms with van der Waals surface area (Å²) in [6.07, 6.45) is 1.34. The minimum Gasteiger partial charge on any atom is -0.497 e. The van der Waals surface area contributed by atoms with Crippen molar-refractivity contribution in [3.8, 4) is 11.5 Å². The highest BCUT2D eigenvalue weighted by Gasteiger charge is 2.31. The molecular formula is C16H24N2O5S. The number of anilines is 1. The minimum atomic E-state index is -3.27. The maximum absolute atomic E-state index is 12.5. The lowest BCUT2D eigenvalue weighted by Crippen LogP contribution is -2.44. The van der Waals surface area contributed by atoms with Gasteiger partial charge in [0, 0.05) is 19.2 Å². The van der Waals surface area contributed by atoms with Crippen LogP contribution in [0.1, 0.15) is 19.8 Å². The Hall–Kier alpha value is -1.80. The molecule has 1 saturated heterocycles. The third-order valence-corrected chi connectivity index (χ3v) is 6.03. The van der Waals surface area contributed by atoms with Crippen molar-refractivity contribution in [2.45, 2.75) is 19.8 Å². The molecule has 0 radical (unpaired) electrons. The van der Waals surface area contributed by atoms with Gasteiger partial charge in [-0.3, -0.25) is 4.79 Å². The first kappa shape index (κ1) is 18.5. The normalized spacial score (nSPS) is 18.9. The summed E-state index contributed by atoms with van der Waals surface area (Å²) >= 11 is 0. The summed E-state index contributed by atoms with van der Waals surface area (Å²) < 4.78 is 35.8. The monoisotopic (exact) mass is 356 g/mol. The first-order valence-corrected chi connectivity index (χ1v) is 9.53. The van der Waals surface area contributed by atoms with Crippen molar-refractivity contribution in [1.29, 1.82) is 0 Å². The predicted octanol–water partition coefficient (Wildman–Crippen LogP) is 1.70. The second kappa shape index (κ2) is 7.85. The van der Waals surface area contributed by atoms with Gasteiger partial charge in [-0.05, 0) is 31.9 Å². The number of nitrogens with one attached hydrogen (secondary N) is 1. The van der Waals surface area contributed by atoms with Crippen LogP contribution in [0, 0.1) is 5.92 Å².